The summed E-state index contributed by atoms with van der Waals surface area (Å²) in [6.07, 6.45) is 7.90. The topological polar surface area (TPSA) is 110 Å². The first-order valence-corrected chi connectivity index (χ1v) is 12.7. The smallest absolute Gasteiger partial charge is 0.414 e. The van der Waals surface area contributed by atoms with Gasteiger partial charge in [-0.3, -0.25) is 14.4 Å². The first-order valence-electron chi connectivity index (χ1n) is 12.7. The minimum Gasteiger partial charge on any atom is -0.458 e. The lowest BCUT2D eigenvalue weighted by Crippen LogP contribution is -2.56. The molecule has 1 N–H and O–H groups in total. The van der Waals surface area contributed by atoms with Gasteiger partial charge in [-0.2, -0.15) is 0 Å². The molecule has 36 heavy (non-hydrogen) atoms. The Morgan fingerprint density at radius 3 is 2.69 bits per heavy atom. The van der Waals surface area contributed by atoms with Crippen molar-refractivity contribution >= 4 is 23.6 Å². The van der Waals surface area contributed by atoms with Gasteiger partial charge in [-0.25, -0.2) is 4.79 Å². The molecule has 4 aliphatic carbocycles. The van der Waals surface area contributed by atoms with Crippen molar-refractivity contribution in [2.24, 2.45) is 40.4 Å². The zero-order chi connectivity index (χ0) is 26.4. The predicted octanol–water partition coefficient (Wildman–Crippen LogP) is 3.45. The van der Waals surface area contributed by atoms with Gasteiger partial charge in [0.2, 0.25) is 0 Å². The SMILES string of the molecule is C=COC(=O)N(C)C[C@@H]1CC2[C@@H]3CCC4=CC(=O)C=C[C@]4(C)C3[C@@H](O)C[C@]2(C)C1C(=O)COC(C)=O. The molecular formula is C28H37NO7. The van der Waals surface area contributed by atoms with Crippen LogP contribution in [0.5, 0.6) is 0 Å². The Hall–Kier alpha value is -2.74. The van der Waals surface area contributed by atoms with E-state index in [1.54, 1.807) is 19.2 Å². The summed E-state index contributed by atoms with van der Waals surface area (Å²) in [4.78, 5) is 50.8. The largest absolute Gasteiger partial charge is 0.458 e. The van der Waals surface area contributed by atoms with Crippen molar-refractivity contribution in [2.75, 3.05) is 20.2 Å². The minimum atomic E-state index is -0.658. The number of hydrogen-bond donors (Lipinski definition) is 1. The molecule has 0 spiro atoms. The van der Waals surface area contributed by atoms with E-state index in [-0.39, 0.29) is 41.8 Å². The number of amides is 1. The molecule has 196 valence electrons. The molecule has 3 unspecified atom stereocenters. The molecule has 0 heterocycles. The molecule has 0 aromatic carbocycles. The maximum atomic E-state index is 13.5. The van der Waals surface area contributed by atoms with Crippen molar-refractivity contribution in [1.82, 2.24) is 4.90 Å². The van der Waals surface area contributed by atoms with Gasteiger partial charge in [0.05, 0.1) is 12.4 Å². The molecule has 0 radical (unpaired) electrons. The lowest BCUT2D eigenvalue weighted by atomic mass is 9.46. The Labute approximate surface area is 212 Å². The highest BCUT2D eigenvalue weighted by Gasteiger charge is 2.65. The fourth-order valence-corrected chi connectivity index (χ4v) is 8.17. The molecule has 8 heteroatoms. The van der Waals surface area contributed by atoms with Crippen LogP contribution in [0.15, 0.2) is 36.6 Å². The molecular weight excluding hydrogens is 462 g/mol. The number of ether oxygens (including phenoxy) is 2. The summed E-state index contributed by atoms with van der Waals surface area (Å²) in [5, 5.41) is 11.6. The van der Waals surface area contributed by atoms with Crippen LogP contribution in [0.3, 0.4) is 0 Å². The summed E-state index contributed by atoms with van der Waals surface area (Å²) < 4.78 is 10.0. The zero-order valence-electron chi connectivity index (χ0n) is 21.6. The Balaban J connectivity index is 1.68. The second kappa shape index (κ2) is 9.61. The van der Waals surface area contributed by atoms with Crippen molar-refractivity contribution in [3.05, 3.63) is 36.6 Å². The molecule has 0 aliphatic heterocycles. The van der Waals surface area contributed by atoms with Crippen LogP contribution in [0, 0.1) is 40.4 Å². The van der Waals surface area contributed by atoms with Crippen LogP contribution in [0.1, 0.15) is 46.5 Å². The molecule has 0 saturated heterocycles. The average Bonchev–Trinajstić information content (AvgIpc) is 3.09. The summed E-state index contributed by atoms with van der Waals surface area (Å²) in [5.74, 6) is -1.15. The second-order valence-electron chi connectivity index (χ2n) is 11.5. The van der Waals surface area contributed by atoms with E-state index in [1.807, 2.05) is 6.08 Å². The number of allylic oxidation sites excluding steroid dienone is 4. The lowest BCUT2D eigenvalue weighted by molar-refractivity contribution is -0.153. The monoisotopic (exact) mass is 499 g/mol. The van der Waals surface area contributed by atoms with Gasteiger partial charge in [0, 0.05) is 37.8 Å². The van der Waals surface area contributed by atoms with Gasteiger partial charge in [-0.1, -0.05) is 32.1 Å². The van der Waals surface area contributed by atoms with Crippen molar-refractivity contribution in [2.45, 2.75) is 52.6 Å². The Morgan fingerprint density at radius 1 is 1.31 bits per heavy atom. The third kappa shape index (κ3) is 4.33. The second-order valence-corrected chi connectivity index (χ2v) is 11.5. The number of ketones is 2. The standard InChI is InChI=1S/C28H37NO7/c1-6-35-26(34)29(5)14-17-11-21-20-8-7-18-12-19(31)9-10-27(18,3)25(20)22(32)13-28(21,4)24(17)23(33)15-36-16(2)30/h6,9-10,12,17,20-22,24-25,32H,1,7-8,11,13-15H2,2-5H3/t17-,20-,21?,22-,24?,25?,27-,28-/m0/s1. The number of fused-ring (bicyclic) bond motifs is 5. The van der Waals surface area contributed by atoms with E-state index in [2.05, 4.69) is 20.4 Å². The van der Waals surface area contributed by atoms with Gasteiger partial charge in [-0.15, -0.1) is 0 Å². The maximum Gasteiger partial charge on any atom is 0.414 e. The molecule has 3 fully saturated rings. The lowest BCUT2D eigenvalue weighted by Gasteiger charge is -2.58. The normalized spacial score (nSPS) is 38.7. The predicted molar refractivity (Wildman–Crippen MR) is 131 cm³/mol. The van der Waals surface area contributed by atoms with Crippen LogP contribution < -0.4 is 0 Å². The van der Waals surface area contributed by atoms with E-state index < -0.39 is 34.9 Å². The van der Waals surface area contributed by atoms with Crippen molar-refractivity contribution in [1.29, 1.82) is 0 Å². The van der Waals surface area contributed by atoms with Crippen molar-refractivity contribution < 1.29 is 33.8 Å². The van der Waals surface area contributed by atoms with Crippen molar-refractivity contribution in [3.63, 3.8) is 0 Å². The highest BCUT2D eigenvalue weighted by Crippen LogP contribution is 2.67. The van der Waals surface area contributed by atoms with E-state index in [9.17, 15) is 24.3 Å². The van der Waals surface area contributed by atoms with Crippen LogP contribution in [-0.4, -0.2) is 59.9 Å². The average molecular weight is 500 g/mol. The van der Waals surface area contributed by atoms with Crippen LogP contribution in [-0.2, 0) is 23.9 Å². The molecule has 0 aromatic heterocycles. The number of aliphatic hydroxyl groups is 1. The quantitative estimate of drug-likeness (QED) is 0.440. The Kier molecular flexibility index (Phi) is 7.03. The summed E-state index contributed by atoms with van der Waals surface area (Å²) in [5.41, 5.74) is 0.150. The van der Waals surface area contributed by atoms with Gasteiger partial charge in [0.15, 0.2) is 11.6 Å². The number of carbonyl (C=O) groups excluding carboxylic acids is 4. The highest BCUT2D eigenvalue weighted by atomic mass is 16.5. The first kappa shape index (κ1) is 26.3. The van der Waals surface area contributed by atoms with Gasteiger partial charge in [-0.05, 0) is 61.0 Å². The number of Topliss-reactive ketones (excluding diaryl/α,β-unsaturated/α-hetero) is 1. The van der Waals surface area contributed by atoms with E-state index in [0.29, 0.717) is 19.4 Å². The zero-order valence-corrected chi connectivity index (χ0v) is 21.6. The molecule has 0 aromatic rings. The molecule has 3 saturated carbocycles. The van der Waals surface area contributed by atoms with Crippen molar-refractivity contribution in [3.8, 4) is 0 Å². The summed E-state index contributed by atoms with van der Waals surface area (Å²) in [6.45, 7) is 8.88. The Morgan fingerprint density at radius 2 is 2.03 bits per heavy atom. The van der Waals surface area contributed by atoms with E-state index in [4.69, 9.17) is 9.47 Å². The van der Waals surface area contributed by atoms with E-state index >= 15 is 0 Å². The van der Waals surface area contributed by atoms with Gasteiger partial charge >= 0.3 is 12.1 Å². The maximum absolute atomic E-state index is 13.5. The molecule has 1 amide bonds. The third-order valence-corrected chi connectivity index (χ3v) is 9.44. The number of carbonyl (C=O) groups is 4. The van der Waals surface area contributed by atoms with E-state index in [0.717, 1.165) is 24.7 Å². The number of esters is 1. The van der Waals surface area contributed by atoms with E-state index in [1.165, 1.54) is 11.8 Å². The first-order chi connectivity index (χ1) is 16.9. The molecule has 0 bridgehead atoms. The summed E-state index contributed by atoms with van der Waals surface area (Å²) >= 11 is 0. The molecule has 8 nitrogen and oxygen atoms in total. The minimum absolute atomic E-state index is 0.0115. The van der Waals surface area contributed by atoms with Crippen LogP contribution >= 0.6 is 0 Å². The number of hydrogen-bond acceptors (Lipinski definition) is 7. The molecule has 8 atom stereocenters. The number of rotatable bonds is 6. The molecule has 4 aliphatic rings. The summed E-state index contributed by atoms with van der Waals surface area (Å²) in [7, 11) is 1.63. The van der Waals surface area contributed by atoms with Gasteiger partial charge in [0.1, 0.15) is 6.61 Å². The van der Waals surface area contributed by atoms with Crippen LogP contribution in [0.25, 0.3) is 0 Å². The van der Waals surface area contributed by atoms with Crippen LogP contribution in [0.4, 0.5) is 4.79 Å². The van der Waals surface area contributed by atoms with Gasteiger partial charge < -0.3 is 19.5 Å². The summed E-state index contributed by atoms with van der Waals surface area (Å²) in [6, 6.07) is 0. The third-order valence-electron chi connectivity index (χ3n) is 9.44. The fourth-order valence-electron chi connectivity index (χ4n) is 8.17. The number of aliphatic hydroxyl groups excluding tert-OH is 1. The highest BCUT2D eigenvalue weighted by molar-refractivity contribution is 6.01. The fraction of sp³-hybridized carbons (Fsp3) is 0.643. The number of nitrogens with zero attached hydrogens (tertiary/aromatic N) is 1. The van der Waals surface area contributed by atoms with Crippen LogP contribution in [0.2, 0.25) is 0 Å². The Bertz CT molecular complexity index is 1030. The molecule has 4 rings (SSSR count). The van der Waals surface area contributed by atoms with Gasteiger partial charge in [0.25, 0.3) is 0 Å².